The van der Waals surface area contributed by atoms with Crippen molar-refractivity contribution in [2.45, 2.75) is 56.3 Å². The van der Waals surface area contributed by atoms with E-state index in [1.54, 1.807) is 12.3 Å². The number of primary amides is 1. The lowest BCUT2D eigenvalue weighted by Crippen LogP contribution is -2.67. The number of hydrogen-bond donors (Lipinski definition) is 2. The van der Waals surface area contributed by atoms with Gasteiger partial charge >= 0.3 is 5.97 Å². The molecule has 6 rings (SSSR count). The van der Waals surface area contributed by atoms with Crippen LogP contribution < -0.4 is 5.73 Å². The summed E-state index contributed by atoms with van der Waals surface area (Å²) in [5, 5.41) is 13.6. The van der Waals surface area contributed by atoms with Gasteiger partial charge in [0.1, 0.15) is 18.6 Å². The van der Waals surface area contributed by atoms with Crippen molar-refractivity contribution in [3.63, 3.8) is 0 Å². The molecule has 0 radical (unpaired) electrons. The molecule has 33 heavy (non-hydrogen) atoms. The maximum atomic E-state index is 13.6. The van der Waals surface area contributed by atoms with E-state index in [4.69, 9.17) is 10.5 Å². The SMILES string of the molecule is NC(=O)C(c1ccncn1)[N+]12CCC(CC1)[C@@H](OC(=O)C(O)(c1cccs1)C1CCCC1)C2. The summed E-state index contributed by atoms with van der Waals surface area (Å²) in [7, 11) is 0. The monoisotopic (exact) mass is 471 g/mol. The highest BCUT2D eigenvalue weighted by atomic mass is 32.1. The number of thiophene rings is 1. The van der Waals surface area contributed by atoms with Gasteiger partial charge in [-0.05, 0) is 30.4 Å². The summed E-state index contributed by atoms with van der Waals surface area (Å²) in [5.74, 6) is -0.886. The smallest absolute Gasteiger partial charge is 0.344 e. The molecule has 1 aliphatic carbocycles. The Kier molecular flexibility index (Phi) is 5.96. The highest BCUT2D eigenvalue weighted by Gasteiger charge is 2.56. The first-order chi connectivity index (χ1) is 15.9. The van der Waals surface area contributed by atoms with Crippen LogP contribution in [0.5, 0.6) is 0 Å². The largest absolute Gasteiger partial charge is 0.454 e. The second kappa shape index (κ2) is 8.77. The molecule has 2 unspecified atom stereocenters. The van der Waals surface area contributed by atoms with Gasteiger partial charge in [-0.3, -0.25) is 4.79 Å². The van der Waals surface area contributed by atoms with Crippen molar-refractivity contribution in [1.82, 2.24) is 9.97 Å². The molecule has 4 fully saturated rings. The standard InChI is InChI=1S/C24H30N4O4S/c25-22(29)21(18-7-10-26-15-27-18)28-11-8-16(9-12-28)19(14-28)32-23(30)24(31,17-4-1-2-5-17)20-6-3-13-33-20/h3,6-7,10,13,15-17,19,21,31H,1-2,4-5,8-9,11-12,14H2,(H-,25,29)/p+1/t16?,19-,21?,24?,28?/m0/s1. The summed E-state index contributed by atoms with van der Waals surface area (Å²) in [6.45, 7) is 2.07. The van der Waals surface area contributed by atoms with Crippen LogP contribution in [0.2, 0.25) is 0 Å². The highest BCUT2D eigenvalue weighted by molar-refractivity contribution is 7.10. The van der Waals surface area contributed by atoms with Crippen LogP contribution in [0.3, 0.4) is 0 Å². The number of aliphatic hydroxyl groups is 1. The molecule has 3 atom stereocenters. The minimum atomic E-state index is -1.61. The summed E-state index contributed by atoms with van der Waals surface area (Å²) < 4.78 is 6.57. The second-order valence-corrected chi connectivity index (χ2v) is 10.7. The molecule has 1 amide bonds. The molecular weight excluding hydrogens is 440 g/mol. The summed E-state index contributed by atoms with van der Waals surface area (Å²) in [5.41, 5.74) is 4.87. The van der Waals surface area contributed by atoms with E-state index in [1.165, 1.54) is 17.7 Å². The molecule has 4 aliphatic rings. The first-order valence-electron chi connectivity index (χ1n) is 11.8. The van der Waals surface area contributed by atoms with Crippen LogP contribution in [-0.2, 0) is 19.9 Å². The number of quaternary nitrogens is 1. The summed E-state index contributed by atoms with van der Waals surface area (Å²) >= 11 is 1.40. The van der Waals surface area contributed by atoms with Crippen molar-refractivity contribution in [2.24, 2.45) is 17.6 Å². The van der Waals surface area contributed by atoms with Crippen molar-refractivity contribution >= 4 is 23.2 Å². The fourth-order valence-corrected chi connectivity index (χ4v) is 7.25. The van der Waals surface area contributed by atoms with Crippen LogP contribution in [0.1, 0.15) is 55.1 Å². The number of piperidine rings is 3. The normalized spacial score (nSPS) is 30.0. The van der Waals surface area contributed by atoms with Gasteiger partial charge in [0.15, 0.2) is 11.7 Å². The third-order valence-corrected chi connectivity index (χ3v) is 9.07. The zero-order chi connectivity index (χ0) is 23.1. The van der Waals surface area contributed by atoms with Gasteiger partial charge in [-0.1, -0.05) is 18.9 Å². The summed E-state index contributed by atoms with van der Waals surface area (Å²) in [6.07, 6.45) is 8.02. The highest BCUT2D eigenvalue weighted by Crippen LogP contribution is 2.46. The van der Waals surface area contributed by atoms with Gasteiger partial charge in [-0.25, -0.2) is 14.8 Å². The number of hydrogen-bond acceptors (Lipinski definition) is 7. The fourth-order valence-electron chi connectivity index (χ4n) is 6.35. The van der Waals surface area contributed by atoms with Gasteiger partial charge < -0.3 is 20.1 Å². The molecule has 0 spiro atoms. The Morgan fingerprint density at radius 1 is 1.21 bits per heavy atom. The summed E-state index contributed by atoms with van der Waals surface area (Å²) in [4.78, 5) is 35.1. The first kappa shape index (κ1) is 22.4. The van der Waals surface area contributed by atoms with Gasteiger partial charge in [0.2, 0.25) is 6.04 Å². The maximum absolute atomic E-state index is 13.6. The van der Waals surface area contributed by atoms with E-state index in [0.29, 0.717) is 21.6 Å². The lowest BCUT2D eigenvalue weighted by atomic mass is 9.80. The number of carbonyl (C=O) groups excluding carboxylic acids is 2. The molecule has 1 saturated carbocycles. The lowest BCUT2D eigenvalue weighted by Gasteiger charge is -2.54. The molecule has 3 aliphatic heterocycles. The molecule has 0 aromatic carbocycles. The van der Waals surface area contributed by atoms with Gasteiger partial charge in [-0.15, -0.1) is 11.3 Å². The number of amides is 1. The lowest BCUT2D eigenvalue weighted by molar-refractivity contribution is -0.965. The molecule has 3 saturated heterocycles. The number of rotatable bonds is 7. The van der Waals surface area contributed by atoms with Gasteiger partial charge in [0, 0.05) is 35.8 Å². The number of carbonyl (C=O) groups is 2. The third kappa shape index (κ3) is 3.86. The Hall–Kier alpha value is -2.36. The molecule has 176 valence electrons. The van der Waals surface area contributed by atoms with Crippen LogP contribution in [0, 0.1) is 11.8 Å². The molecule has 2 aromatic rings. The zero-order valence-electron chi connectivity index (χ0n) is 18.6. The van der Waals surface area contributed by atoms with Crippen molar-refractivity contribution in [3.05, 3.63) is 46.7 Å². The Morgan fingerprint density at radius 2 is 1.97 bits per heavy atom. The minimum absolute atomic E-state index is 0.132. The van der Waals surface area contributed by atoms with E-state index in [2.05, 4.69) is 9.97 Å². The van der Waals surface area contributed by atoms with Crippen molar-refractivity contribution < 1.29 is 23.9 Å². The van der Waals surface area contributed by atoms with E-state index < -0.39 is 23.5 Å². The van der Waals surface area contributed by atoms with Crippen LogP contribution in [0.4, 0.5) is 0 Å². The zero-order valence-corrected chi connectivity index (χ0v) is 19.5. The Balaban J connectivity index is 1.41. The van der Waals surface area contributed by atoms with Gasteiger partial charge in [-0.2, -0.15) is 0 Å². The number of esters is 1. The Morgan fingerprint density at radius 3 is 2.58 bits per heavy atom. The molecular formula is C24H31N4O4S+. The van der Waals surface area contributed by atoms with E-state index in [0.717, 1.165) is 51.6 Å². The van der Waals surface area contributed by atoms with Crippen LogP contribution in [-0.4, -0.2) is 57.2 Å². The van der Waals surface area contributed by atoms with Crippen LogP contribution >= 0.6 is 11.3 Å². The number of nitrogens with two attached hydrogens (primary N) is 1. The molecule has 8 nitrogen and oxygen atoms in total. The predicted molar refractivity (Wildman–Crippen MR) is 122 cm³/mol. The maximum Gasteiger partial charge on any atom is 0.344 e. The molecule has 5 heterocycles. The first-order valence-corrected chi connectivity index (χ1v) is 12.7. The number of ether oxygens (including phenoxy) is 1. The van der Waals surface area contributed by atoms with E-state index in [1.807, 2.05) is 17.5 Å². The van der Waals surface area contributed by atoms with Crippen molar-refractivity contribution in [1.29, 1.82) is 0 Å². The Labute approximate surface area is 197 Å². The van der Waals surface area contributed by atoms with Crippen LogP contribution in [0.15, 0.2) is 36.1 Å². The molecule has 2 aromatic heterocycles. The quantitative estimate of drug-likeness (QED) is 0.473. The second-order valence-electron chi connectivity index (χ2n) is 9.79. The average molecular weight is 472 g/mol. The van der Waals surface area contributed by atoms with E-state index in [9.17, 15) is 14.7 Å². The molecule has 3 N–H and O–H groups in total. The van der Waals surface area contributed by atoms with Gasteiger partial charge in [0.05, 0.1) is 13.1 Å². The molecule has 2 bridgehead atoms. The molecule has 9 heteroatoms. The number of aromatic nitrogens is 2. The number of nitrogens with zero attached hydrogens (tertiary/aromatic N) is 3. The van der Waals surface area contributed by atoms with Crippen molar-refractivity contribution in [3.8, 4) is 0 Å². The fraction of sp³-hybridized carbons (Fsp3) is 0.583. The number of fused-ring (bicyclic) bond motifs is 3. The van der Waals surface area contributed by atoms with Crippen molar-refractivity contribution in [2.75, 3.05) is 19.6 Å². The summed E-state index contributed by atoms with van der Waals surface area (Å²) in [6, 6.07) is 4.81. The van der Waals surface area contributed by atoms with E-state index >= 15 is 0 Å². The Bertz CT molecular complexity index is 987. The van der Waals surface area contributed by atoms with Gasteiger partial charge in [0.25, 0.3) is 5.91 Å². The van der Waals surface area contributed by atoms with Crippen LogP contribution in [0.25, 0.3) is 0 Å². The third-order valence-electron chi connectivity index (χ3n) is 8.07. The van der Waals surface area contributed by atoms with E-state index in [-0.39, 0.29) is 17.9 Å². The topological polar surface area (TPSA) is 115 Å². The predicted octanol–water partition coefficient (Wildman–Crippen LogP) is 2.29. The minimum Gasteiger partial charge on any atom is -0.454 e. The average Bonchev–Trinajstić information content (AvgIpc) is 3.55.